The molecule has 0 N–H and O–H groups in total. The quantitative estimate of drug-likeness (QED) is 0.259. The van der Waals surface area contributed by atoms with Crippen LogP contribution in [0.1, 0.15) is 101 Å². The van der Waals surface area contributed by atoms with Gasteiger partial charge in [0.15, 0.2) is 0 Å². The maximum atomic E-state index is 13.6. The predicted molar refractivity (Wildman–Crippen MR) is 177 cm³/mol. The van der Waals surface area contributed by atoms with E-state index in [4.69, 9.17) is 18.9 Å². The minimum Gasteiger partial charge on any atom is -0.496 e. The lowest BCUT2D eigenvalue weighted by Gasteiger charge is -2.32. The minimum atomic E-state index is -2.51. The Labute approximate surface area is 270 Å². The molecule has 1 unspecified atom stereocenters. The number of hydrogen-bond acceptors (Lipinski definition) is 6. The van der Waals surface area contributed by atoms with Crippen molar-refractivity contribution >= 4 is 0 Å². The summed E-state index contributed by atoms with van der Waals surface area (Å²) >= 11 is 0. The van der Waals surface area contributed by atoms with Crippen molar-refractivity contribution in [2.24, 2.45) is 0 Å². The van der Waals surface area contributed by atoms with Crippen LogP contribution in [-0.2, 0) is 13.1 Å². The molecule has 0 radical (unpaired) electrons. The second-order valence-corrected chi connectivity index (χ2v) is 12.2. The largest absolute Gasteiger partial charge is 0.496 e. The van der Waals surface area contributed by atoms with Crippen LogP contribution in [0, 0.1) is 0 Å². The Morgan fingerprint density at radius 3 is 1.53 bits per heavy atom. The molecule has 4 rings (SSSR count). The van der Waals surface area contributed by atoms with E-state index in [0.29, 0.717) is 38.5 Å². The van der Waals surface area contributed by atoms with Crippen molar-refractivity contribution in [3.05, 3.63) is 46.5 Å². The second kappa shape index (κ2) is 18.5. The predicted octanol–water partition coefficient (Wildman–Crippen LogP) is 8.85. The number of benzene rings is 2. The van der Waals surface area contributed by atoms with Gasteiger partial charge in [0.2, 0.25) is 0 Å². The monoisotopic (exact) mass is 638 g/mol. The fourth-order valence-electron chi connectivity index (χ4n) is 6.10. The Morgan fingerprint density at radius 1 is 0.711 bits per heavy atom. The average Bonchev–Trinajstić information content (AvgIpc) is 3.02. The molecular weight excluding hydrogens is 581 g/mol. The summed E-state index contributed by atoms with van der Waals surface area (Å²) in [6, 6.07) is 7.93. The maximum Gasteiger partial charge on any atom is 0.250 e. The van der Waals surface area contributed by atoms with E-state index in [1.54, 1.807) is 28.4 Å². The Bertz CT molecular complexity index is 1170. The number of piperidine rings is 2. The Kier molecular flexibility index (Phi) is 15.8. The van der Waals surface area contributed by atoms with Crippen LogP contribution in [0.5, 0.6) is 23.0 Å². The van der Waals surface area contributed by atoms with Crippen molar-refractivity contribution in [1.29, 1.82) is 0 Å². The first kappa shape index (κ1) is 38.5. The molecule has 2 aliphatic rings. The fraction of sp³-hybridized carbons (Fsp3) is 0.667. The van der Waals surface area contributed by atoms with E-state index in [1.165, 1.54) is 0 Å². The van der Waals surface area contributed by atoms with Gasteiger partial charge in [-0.3, -0.25) is 9.80 Å². The van der Waals surface area contributed by atoms with E-state index in [2.05, 4.69) is 37.5 Å². The molecule has 1 atom stereocenters. The third-order valence-electron chi connectivity index (χ3n) is 8.30. The number of halogens is 3. The van der Waals surface area contributed by atoms with Gasteiger partial charge in [-0.25, -0.2) is 13.2 Å². The Hall–Kier alpha value is -2.65. The first-order valence-corrected chi connectivity index (χ1v) is 16.4. The first-order valence-electron chi connectivity index (χ1n) is 16.4. The number of ether oxygens (including phenoxy) is 4. The number of nitrogens with zero attached hydrogens (tertiary/aromatic N) is 2. The van der Waals surface area contributed by atoms with Gasteiger partial charge in [-0.1, -0.05) is 53.7 Å². The van der Waals surface area contributed by atoms with E-state index in [-0.39, 0.29) is 18.8 Å². The van der Waals surface area contributed by atoms with Crippen LogP contribution in [0.25, 0.3) is 0 Å². The average molecular weight is 639 g/mol. The summed E-state index contributed by atoms with van der Waals surface area (Å²) < 4.78 is 62.2. The molecular formula is C36H57F3N2O4. The van der Waals surface area contributed by atoms with Crippen molar-refractivity contribution in [1.82, 2.24) is 9.80 Å². The molecule has 2 fully saturated rings. The highest BCUT2D eigenvalue weighted by atomic mass is 19.3. The molecule has 2 saturated heterocycles. The summed E-state index contributed by atoms with van der Waals surface area (Å²) in [5.74, 6) is 1.41. The summed E-state index contributed by atoms with van der Waals surface area (Å²) in [4.78, 5) is 4.23. The fourth-order valence-corrected chi connectivity index (χ4v) is 6.10. The molecule has 0 aliphatic carbocycles. The highest BCUT2D eigenvalue weighted by molar-refractivity contribution is 5.52. The topological polar surface area (TPSA) is 43.4 Å². The molecule has 0 amide bonds. The van der Waals surface area contributed by atoms with Crippen LogP contribution in [0.15, 0.2) is 24.3 Å². The maximum absolute atomic E-state index is 13.6. The van der Waals surface area contributed by atoms with Gasteiger partial charge >= 0.3 is 0 Å². The van der Waals surface area contributed by atoms with Crippen LogP contribution < -0.4 is 18.9 Å². The standard InChI is InChI=1S/C17H25F2NO2.C17H26FNO2.C2H6/c1-12(2)15-14(21-3)6-5-13(16(15)22-4)11-20-9-7-17(18,19)8-10-20;1-12(2)16-15(20-3)8-7-13(17(16)21-4)10-19-9-5-6-14(18)11-19;1-2/h5-6,12H,7-11H2,1-4H3;7-8,12,14H,5-6,9-11H2,1-4H3;1-2H3. The normalized spacial score (nSPS) is 18.4. The highest BCUT2D eigenvalue weighted by Gasteiger charge is 2.34. The van der Waals surface area contributed by atoms with Gasteiger partial charge in [-0.05, 0) is 43.4 Å². The molecule has 0 aromatic heterocycles. The summed E-state index contributed by atoms with van der Waals surface area (Å²) in [6.45, 7) is 16.1. The number of likely N-dealkylation sites (tertiary alicyclic amines) is 2. The Balaban J connectivity index is 0.000000297. The second-order valence-electron chi connectivity index (χ2n) is 12.2. The summed E-state index contributed by atoms with van der Waals surface area (Å²) in [6.07, 6.45) is 0.780. The zero-order valence-electron chi connectivity index (χ0n) is 29.3. The lowest BCUT2D eigenvalue weighted by Crippen LogP contribution is -2.38. The lowest BCUT2D eigenvalue weighted by atomic mass is 9.97. The minimum absolute atomic E-state index is 0.0670. The van der Waals surface area contributed by atoms with Crippen LogP contribution in [0.3, 0.4) is 0 Å². The van der Waals surface area contributed by atoms with Gasteiger partial charge in [0.1, 0.15) is 29.2 Å². The van der Waals surface area contributed by atoms with Crippen molar-refractivity contribution in [2.45, 2.75) is 104 Å². The van der Waals surface area contributed by atoms with Crippen LogP contribution in [-0.4, -0.2) is 76.5 Å². The molecule has 2 heterocycles. The summed E-state index contributed by atoms with van der Waals surface area (Å²) in [7, 11) is 6.67. The van der Waals surface area contributed by atoms with Crippen LogP contribution in [0.4, 0.5) is 13.2 Å². The molecule has 0 spiro atoms. The van der Waals surface area contributed by atoms with Gasteiger partial charge in [0, 0.05) is 67.8 Å². The van der Waals surface area contributed by atoms with E-state index >= 15 is 0 Å². The summed E-state index contributed by atoms with van der Waals surface area (Å²) in [5, 5.41) is 0. The van der Waals surface area contributed by atoms with Crippen LogP contribution >= 0.6 is 0 Å². The smallest absolute Gasteiger partial charge is 0.250 e. The molecule has 0 bridgehead atoms. The Morgan fingerprint density at radius 2 is 1.16 bits per heavy atom. The third kappa shape index (κ3) is 10.7. The number of alkyl halides is 3. The molecule has 2 aromatic rings. The lowest BCUT2D eigenvalue weighted by molar-refractivity contribution is -0.0567. The molecule has 256 valence electrons. The van der Waals surface area contributed by atoms with Gasteiger partial charge in [-0.15, -0.1) is 0 Å². The number of rotatable bonds is 10. The van der Waals surface area contributed by atoms with E-state index in [9.17, 15) is 13.2 Å². The van der Waals surface area contributed by atoms with E-state index < -0.39 is 12.1 Å². The number of methoxy groups -OCH3 is 4. The number of hydrogen-bond donors (Lipinski definition) is 0. The van der Waals surface area contributed by atoms with Crippen molar-refractivity contribution in [2.75, 3.05) is 54.6 Å². The van der Waals surface area contributed by atoms with Crippen molar-refractivity contribution in [3.63, 3.8) is 0 Å². The van der Waals surface area contributed by atoms with Crippen molar-refractivity contribution in [3.8, 4) is 23.0 Å². The van der Waals surface area contributed by atoms with Gasteiger partial charge in [0.05, 0.1) is 28.4 Å². The van der Waals surface area contributed by atoms with E-state index in [1.807, 2.05) is 38.1 Å². The zero-order chi connectivity index (χ0) is 33.7. The molecule has 0 saturated carbocycles. The molecule has 9 heteroatoms. The first-order chi connectivity index (χ1) is 21.4. The van der Waals surface area contributed by atoms with Crippen LogP contribution in [0.2, 0.25) is 0 Å². The highest BCUT2D eigenvalue weighted by Crippen LogP contribution is 2.40. The van der Waals surface area contributed by atoms with Crippen molar-refractivity contribution < 1.29 is 32.1 Å². The summed E-state index contributed by atoms with van der Waals surface area (Å²) in [5.41, 5.74) is 4.25. The van der Waals surface area contributed by atoms with E-state index in [0.717, 1.165) is 64.8 Å². The zero-order valence-corrected chi connectivity index (χ0v) is 29.3. The molecule has 2 aliphatic heterocycles. The van der Waals surface area contributed by atoms with Gasteiger partial charge in [-0.2, -0.15) is 0 Å². The van der Waals surface area contributed by atoms with Gasteiger partial charge in [0.25, 0.3) is 5.92 Å². The SMILES string of the molecule is CC.COc1ccc(CN2CCC(F)(F)CC2)c(OC)c1C(C)C.COc1ccc(CN2CCCC(F)C2)c(OC)c1C(C)C. The molecule has 6 nitrogen and oxygen atoms in total. The van der Waals surface area contributed by atoms with Gasteiger partial charge < -0.3 is 18.9 Å². The third-order valence-corrected chi connectivity index (χ3v) is 8.30. The molecule has 2 aromatic carbocycles. The molecule has 45 heavy (non-hydrogen) atoms.